The van der Waals surface area contributed by atoms with Crippen LogP contribution < -0.4 is 5.32 Å². The van der Waals surface area contributed by atoms with Gasteiger partial charge in [-0.05, 0) is 97.1 Å². The van der Waals surface area contributed by atoms with Gasteiger partial charge in [0.25, 0.3) is 5.91 Å². The largest absolute Gasteiger partial charge is 0.454 e. The Morgan fingerprint density at radius 3 is 2.57 bits per heavy atom. The van der Waals surface area contributed by atoms with Gasteiger partial charge in [0.2, 0.25) is 0 Å². The van der Waals surface area contributed by atoms with Gasteiger partial charge in [-0.25, -0.2) is 4.79 Å². The van der Waals surface area contributed by atoms with E-state index in [1.807, 2.05) is 6.07 Å². The number of hydrogen-bond acceptors (Lipinski definition) is 9. The van der Waals surface area contributed by atoms with Crippen molar-refractivity contribution in [2.75, 3.05) is 32.6 Å². The molecule has 0 radical (unpaired) electrons. The first-order valence-electron chi connectivity index (χ1n) is 17.1. The molecular formula is C36H45BrN2O7S. The summed E-state index contributed by atoms with van der Waals surface area (Å²) in [6.07, 6.45) is 3.50. The van der Waals surface area contributed by atoms with Crippen LogP contribution in [0.25, 0.3) is 0 Å². The second-order valence-corrected chi connectivity index (χ2v) is 17.7. The third-order valence-electron chi connectivity index (χ3n) is 13.5. The summed E-state index contributed by atoms with van der Waals surface area (Å²) in [4.78, 5) is 30.5. The van der Waals surface area contributed by atoms with E-state index < -0.39 is 34.3 Å². The Hall–Kier alpha value is -1.86. The van der Waals surface area contributed by atoms with Gasteiger partial charge in [0.15, 0.2) is 0 Å². The molecule has 3 N–H and O–H groups in total. The molecule has 5 aliphatic carbocycles. The number of hydrogen-bond donors (Lipinski definition) is 3. The van der Waals surface area contributed by atoms with Crippen molar-refractivity contribution >= 4 is 44.8 Å². The zero-order valence-corrected chi connectivity index (χ0v) is 29.8. The highest BCUT2D eigenvalue weighted by atomic mass is 79.9. The summed E-state index contributed by atoms with van der Waals surface area (Å²) in [5.41, 5.74) is -3.44. The first kappa shape index (κ1) is 32.4. The molecule has 11 heteroatoms. The van der Waals surface area contributed by atoms with Crippen LogP contribution in [0.3, 0.4) is 0 Å². The standard InChI is InChI=1S/C36H45BrN2O7S/c1-5-39-18-33(46-32(41)21-8-6-7-9-23(21)38-31(40)24-10-11-28(37)47-24)13-12-27(44-3)35-25(33)16-22(29(35)39)34(42)17-19(2)14-20-15-26(35)36(34,43)30(20)45-4/h6-11,19-20,22,25-27,29-30,42-43H,5,12-18H2,1-4H3,(H,38,40)/t19-,20+,22+,25?,26?,27+,29?,30+,33-,34+,35+,36+/m1/s1. The fraction of sp³-hybridized carbons (Fsp3) is 0.667. The van der Waals surface area contributed by atoms with E-state index in [2.05, 4.69) is 40.0 Å². The van der Waals surface area contributed by atoms with Crippen LogP contribution in [-0.4, -0.2) is 89.4 Å². The predicted octanol–water partition coefficient (Wildman–Crippen LogP) is 5.35. The summed E-state index contributed by atoms with van der Waals surface area (Å²) in [5, 5.41) is 29.1. The van der Waals surface area contributed by atoms with Gasteiger partial charge in [0, 0.05) is 50.0 Å². The third kappa shape index (κ3) is 4.11. The molecule has 254 valence electrons. The van der Waals surface area contributed by atoms with E-state index in [1.54, 1.807) is 44.6 Å². The number of aliphatic hydroxyl groups is 2. The normalized spacial score (nSPS) is 44.6. The molecular weight excluding hydrogens is 684 g/mol. The van der Waals surface area contributed by atoms with Crippen LogP contribution in [0.1, 0.15) is 72.4 Å². The Labute approximate surface area is 288 Å². The van der Waals surface area contributed by atoms with E-state index in [-0.39, 0.29) is 47.6 Å². The number of halogens is 1. The lowest BCUT2D eigenvalue weighted by atomic mass is 9.43. The number of amides is 1. The number of ether oxygens (including phenoxy) is 3. The minimum atomic E-state index is -1.43. The molecule has 2 aromatic rings. The van der Waals surface area contributed by atoms with E-state index in [9.17, 15) is 19.8 Å². The molecule has 2 heterocycles. The zero-order valence-electron chi connectivity index (χ0n) is 27.4. The fourth-order valence-corrected chi connectivity index (χ4v) is 13.7. The van der Waals surface area contributed by atoms with Gasteiger partial charge in [0.05, 0.1) is 32.1 Å². The summed E-state index contributed by atoms with van der Waals surface area (Å²) < 4.78 is 20.3. The van der Waals surface area contributed by atoms with Crippen LogP contribution >= 0.6 is 27.3 Å². The number of piperidine rings is 1. The van der Waals surface area contributed by atoms with Gasteiger partial charge >= 0.3 is 5.97 Å². The number of nitrogens with zero attached hydrogens (tertiary/aromatic N) is 1. The van der Waals surface area contributed by atoms with E-state index in [4.69, 9.17) is 14.2 Å². The van der Waals surface area contributed by atoms with Gasteiger partial charge in [-0.1, -0.05) is 26.0 Å². The van der Waals surface area contributed by atoms with Crippen molar-refractivity contribution in [3.63, 3.8) is 0 Å². The number of carbonyl (C=O) groups excluding carboxylic acids is 2. The van der Waals surface area contributed by atoms with Gasteiger partial charge in [-0.15, -0.1) is 11.3 Å². The van der Waals surface area contributed by atoms with E-state index in [0.717, 1.165) is 23.2 Å². The van der Waals surface area contributed by atoms with Crippen LogP contribution in [0.15, 0.2) is 40.2 Å². The van der Waals surface area contributed by atoms with E-state index in [0.29, 0.717) is 48.4 Å². The summed E-state index contributed by atoms with van der Waals surface area (Å²) in [7, 11) is 3.45. The van der Waals surface area contributed by atoms with Gasteiger partial charge in [-0.3, -0.25) is 9.69 Å². The molecule has 3 unspecified atom stereocenters. The van der Waals surface area contributed by atoms with Crippen molar-refractivity contribution in [1.82, 2.24) is 4.90 Å². The maximum atomic E-state index is 14.4. The van der Waals surface area contributed by atoms with Crippen molar-refractivity contribution < 1.29 is 34.0 Å². The van der Waals surface area contributed by atoms with Crippen LogP contribution in [-0.2, 0) is 14.2 Å². The molecule has 1 aromatic carbocycles. The number of thiophene rings is 1. The van der Waals surface area contributed by atoms with Crippen molar-refractivity contribution in [3.05, 3.63) is 50.6 Å². The number of methoxy groups -OCH3 is 2. The fourth-order valence-electron chi connectivity index (χ4n) is 12.4. The second kappa shape index (κ2) is 11.1. The Morgan fingerprint density at radius 1 is 1.09 bits per heavy atom. The molecule has 1 saturated heterocycles. The molecule has 1 aliphatic heterocycles. The van der Waals surface area contributed by atoms with E-state index >= 15 is 0 Å². The van der Waals surface area contributed by atoms with Crippen LogP contribution in [0.2, 0.25) is 0 Å². The summed E-state index contributed by atoms with van der Waals surface area (Å²) >= 11 is 4.75. The molecule has 8 rings (SSSR count). The first-order chi connectivity index (χ1) is 22.5. The van der Waals surface area contributed by atoms with Crippen molar-refractivity contribution in [2.24, 2.45) is 35.0 Å². The number of anilines is 1. The number of esters is 1. The topological polar surface area (TPSA) is 118 Å². The highest BCUT2D eigenvalue weighted by Gasteiger charge is 2.87. The highest BCUT2D eigenvalue weighted by molar-refractivity contribution is 9.11. The Kier molecular flexibility index (Phi) is 7.62. The smallest absolute Gasteiger partial charge is 0.340 e. The van der Waals surface area contributed by atoms with Gasteiger partial charge in [-0.2, -0.15) is 0 Å². The summed E-state index contributed by atoms with van der Waals surface area (Å²) in [5.74, 6) is -1.01. The highest BCUT2D eigenvalue weighted by Crippen LogP contribution is 2.78. The maximum absolute atomic E-state index is 14.4. The molecule has 6 fully saturated rings. The maximum Gasteiger partial charge on any atom is 0.340 e. The Bertz CT molecular complexity index is 1600. The van der Waals surface area contributed by atoms with Crippen LogP contribution in [0.5, 0.6) is 0 Å². The number of benzene rings is 1. The van der Waals surface area contributed by atoms with Crippen molar-refractivity contribution in [1.29, 1.82) is 0 Å². The molecule has 12 atom stereocenters. The van der Waals surface area contributed by atoms with Crippen LogP contribution in [0.4, 0.5) is 5.69 Å². The van der Waals surface area contributed by atoms with Crippen molar-refractivity contribution in [2.45, 2.75) is 87.4 Å². The average molecular weight is 730 g/mol. The quantitative estimate of drug-likeness (QED) is 0.327. The number of para-hydroxylation sites is 1. The molecule has 6 aliphatic rings. The first-order valence-corrected chi connectivity index (χ1v) is 18.7. The number of carbonyl (C=O) groups is 2. The third-order valence-corrected chi connectivity index (χ3v) is 15.1. The number of fused-ring (bicyclic) bond motifs is 2. The van der Waals surface area contributed by atoms with Crippen molar-refractivity contribution in [3.8, 4) is 0 Å². The van der Waals surface area contributed by atoms with Crippen LogP contribution in [0, 0.1) is 35.0 Å². The summed E-state index contributed by atoms with van der Waals surface area (Å²) in [6.45, 7) is 5.62. The van der Waals surface area contributed by atoms with E-state index in [1.165, 1.54) is 11.3 Å². The minimum absolute atomic E-state index is 0.0110. The lowest BCUT2D eigenvalue weighted by Crippen LogP contribution is -2.82. The second-order valence-electron chi connectivity index (χ2n) is 15.2. The zero-order chi connectivity index (χ0) is 33.1. The summed E-state index contributed by atoms with van der Waals surface area (Å²) in [6, 6.07) is 10.6. The molecule has 5 saturated carbocycles. The monoisotopic (exact) mass is 728 g/mol. The molecule has 7 bridgehead atoms. The number of likely N-dealkylation sites (tertiary alicyclic amines) is 1. The molecule has 1 aromatic heterocycles. The predicted molar refractivity (Wildman–Crippen MR) is 180 cm³/mol. The van der Waals surface area contributed by atoms with Gasteiger partial charge < -0.3 is 29.7 Å². The average Bonchev–Trinajstić information content (AvgIpc) is 3.66. The molecule has 1 spiro atoms. The molecule has 1 amide bonds. The Morgan fingerprint density at radius 2 is 1.87 bits per heavy atom. The minimum Gasteiger partial charge on any atom is -0.454 e. The molecule has 9 nitrogen and oxygen atoms in total. The number of rotatable bonds is 7. The molecule has 47 heavy (non-hydrogen) atoms. The lowest BCUT2D eigenvalue weighted by molar-refractivity contribution is -0.327. The Balaban J connectivity index is 1.22. The number of likely N-dealkylation sites (N-methyl/N-ethyl adjacent to an activating group) is 1. The van der Waals surface area contributed by atoms with Gasteiger partial charge in [0.1, 0.15) is 16.8 Å². The number of nitrogens with one attached hydrogen (secondary N) is 1. The SMILES string of the molecule is CCN1C[C@]2(OC(=O)c3ccccc3NC(=O)c3ccc(Br)s3)CC[C@H](OC)[C@]34C1[C@H](CC23)[C@@]1(O)C[C@H](C)C[C@H]2CC4[C@]1(O)[C@H]2OC. The lowest BCUT2D eigenvalue weighted by Gasteiger charge is -2.70.